The van der Waals surface area contributed by atoms with E-state index in [4.69, 9.17) is 9.47 Å². The van der Waals surface area contributed by atoms with Crippen LogP contribution in [0.25, 0.3) is 0 Å². The first kappa shape index (κ1) is 23.5. The molecule has 2 saturated heterocycles. The Balaban J connectivity index is 1.43. The van der Waals surface area contributed by atoms with Crippen molar-refractivity contribution in [3.05, 3.63) is 23.8 Å². The Morgan fingerprint density at radius 3 is 2.70 bits per heavy atom. The number of likely N-dealkylation sites (N-methyl/N-ethyl adjacent to an activating group) is 1. The van der Waals surface area contributed by atoms with Gasteiger partial charge in [0.1, 0.15) is 18.5 Å². The molecule has 33 heavy (non-hydrogen) atoms. The topological polar surface area (TPSA) is 88.2 Å². The lowest BCUT2D eigenvalue weighted by Gasteiger charge is -2.42. The largest absolute Gasteiger partial charge is 0.490 e. The van der Waals surface area contributed by atoms with Gasteiger partial charge in [0, 0.05) is 32.2 Å². The van der Waals surface area contributed by atoms with Crippen LogP contribution in [-0.4, -0.2) is 72.5 Å². The molecule has 180 valence electrons. The molecule has 8 heteroatoms. The second-order valence-electron chi connectivity index (χ2n) is 9.32. The van der Waals surface area contributed by atoms with Crippen molar-refractivity contribution in [3.63, 3.8) is 0 Å². The molecule has 0 aliphatic carbocycles. The first-order valence-electron chi connectivity index (χ1n) is 12.2. The van der Waals surface area contributed by atoms with E-state index in [2.05, 4.69) is 5.32 Å². The average molecular weight is 458 g/mol. The van der Waals surface area contributed by atoms with Gasteiger partial charge < -0.3 is 24.6 Å². The summed E-state index contributed by atoms with van der Waals surface area (Å²) >= 11 is 0. The average Bonchev–Trinajstić information content (AvgIpc) is 2.82. The van der Waals surface area contributed by atoms with E-state index >= 15 is 0 Å². The molecule has 3 atom stereocenters. The van der Waals surface area contributed by atoms with Crippen LogP contribution >= 0.6 is 0 Å². The summed E-state index contributed by atoms with van der Waals surface area (Å²) in [5.41, 5.74) is 1.03. The number of benzene rings is 1. The van der Waals surface area contributed by atoms with Gasteiger partial charge in [0.15, 0.2) is 0 Å². The molecule has 0 radical (unpaired) electrons. The first-order chi connectivity index (χ1) is 16.0. The van der Waals surface area contributed by atoms with Crippen LogP contribution in [0.5, 0.6) is 5.75 Å². The molecule has 3 aliphatic heterocycles. The minimum Gasteiger partial charge on any atom is -0.490 e. The Hall–Kier alpha value is -2.61. The summed E-state index contributed by atoms with van der Waals surface area (Å²) in [6.07, 6.45) is 5.98. The fourth-order valence-electron chi connectivity index (χ4n) is 5.02. The Morgan fingerprint density at radius 2 is 1.94 bits per heavy atom. The highest BCUT2D eigenvalue weighted by Crippen LogP contribution is 2.32. The lowest BCUT2D eigenvalue weighted by Crippen LogP contribution is -2.54. The Morgan fingerprint density at radius 1 is 1.15 bits per heavy atom. The van der Waals surface area contributed by atoms with Crippen molar-refractivity contribution >= 4 is 23.4 Å². The van der Waals surface area contributed by atoms with Crippen LogP contribution in [0.1, 0.15) is 68.6 Å². The van der Waals surface area contributed by atoms with Crippen molar-refractivity contribution in [2.75, 3.05) is 32.1 Å². The maximum absolute atomic E-state index is 13.3. The monoisotopic (exact) mass is 457 g/mol. The molecular weight excluding hydrogens is 422 g/mol. The molecular formula is C25H35N3O5. The Kier molecular flexibility index (Phi) is 7.53. The Labute approximate surface area is 195 Å². The van der Waals surface area contributed by atoms with Gasteiger partial charge in [-0.25, -0.2) is 0 Å². The predicted molar refractivity (Wildman–Crippen MR) is 124 cm³/mol. The molecule has 0 bridgehead atoms. The molecule has 3 aliphatic rings. The SMILES string of the molecule is CCCC(=O)Nc1ccc2c(c1)C(=O)N(C)[C@H]1CC[C@H](CC(=O)N3CCCCC3)O[C@H]1CO2. The van der Waals surface area contributed by atoms with Crippen molar-refractivity contribution in [2.24, 2.45) is 0 Å². The minimum atomic E-state index is -0.288. The van der Waals surface area contributed by atoms with E-state index in [0.717, 1.165) is 45.2 Å². The maximum Gasteiger partial charge on any atom is 0.257 e. The van der Waals surface area contributed by atoms with E-state index in [0.29, 0.717) is 36.4 Å². The smallest absolute Gasteiger partial charge is 0.257 e. The van der Waals surface area contributed by atoms with Gasteiger partial charge in [0.05, 0.1) is 24.1 Å². The summed E-state index contributed by atoms with van der Waals surface area (Å²) in [5.74, 6) is 0.417. The molecule has 3 amide bonds. The van der Waals surface area contributed by atoms with E-state index in [1.165, 1.54) is 6.42 Å². The molecule has 0 unspecified atom stereocenters. The van der Waals surface area contributed by atoms with Crippen LogP contribution < -0.4 is 10.1 Å². The summed E-state index contributed by atoms with van der Waals surface area (Å²) in [5, 5.41) is 2.85. The summed E-state index contributed by atoms with van der Waals surface area (Å²) in [6.45, 7) is 3.94. The minimum absolute atomic E-state index is 0.0732. The number of amides is 3. The lowest BCUT2D eigenvalue weighted by molar-refractivity contribution is -0.143. The highest BCUT2D eigenvalue weighted by Gasteiger charge is 2.39. The molecule has 4 rings (SSSR count). The number of likely N-dealkylation sites (tertiary alicyclic amines) is 1. The molecule has 1 aromatic carbocycles. The van der Waals surface area contributed by atoms with E-state index < -0.39 is 0 Å². The first-order valence-corrected chi connectivity index (χ1v) is 12.2. The molecule has 1 N–H and O–H groups in total. The van der Waals surface area contributed by atoms with Gasteiger partial charge in [-0.15, -0.1) is 0 Å². The normalized spacial score (nSPS) is 25.3. The van der Waals surface area contributed by atoms with E-state index in [1.54, 1.807) is 30.1 Å². The van der Waals surface area contributed by atoms with Crippen molar-refractivity contribution in [1.29, 1.82) is 0 Å². The van der Waals surface area contributed by atoms with Crippen LogP contribution in [0.4, 0.5) is 5.69 Å². The number of anilines is 1. The zero-order valence-corrected chi connectivity index (χ0v) is 19.7. The number of carbonyl (C=O) groups excluding carboxylic acids is 3. The second-order valence-corrected chi connectivity index (χ2v) is 9.32. The van der Waals surface area contributed by atoms with Crippen molar-refractivity contribution in [3.8, 4) is 5.75 Å². The number of rotatable bonds is 5. The number of fused-ring (bicyclic) bond motifs is 2. The third-order valence-electron chi connectivity index (χ3n) is 6.88. The Bertz CT molecular complexity index is 883. The van der Waals surface area contributed by atoms with Crippen LogP contribution in [0, 0.1) is 0 Å². The predicted octanol–water partition coefficient (Wildman–Crippen LogP) is 3.21. The third kappa shape index (κ3) is 5.49. The number of carbonyl (C=O) groups is 3. The van der Waals surface area contributed by atoms with E-state index in [1.807, 2.05) is 11.8 Å². The molecule has 2 fully saturated rings. The van der Waals surface area contributed by atoms with E-state index in [9.17, 15) is 14.4 Å². The number of nitrogens with one attached hydrogen (secondary N) is 1. The van der Waals surface area contributed by atoms with Crippen LogP contribution in [0.15, 0.2) is 18.2 Å². The summed E-state index contributed by atoms with van der Waals surface area (Å²) in [7, 11) is 1.79. The quantitative estimate of drug-likeness (QED) is 0.734. The van der Waals surface area contributed by atoms with Gasteiger partial charge >= 0.3 is 0 Å². The summed E-state index contributed by atoms with van der Waals surface area (Å²) < 4.78 is 12.3. The summed E-state index contributed by atoms with van der Waals surface area (Å²) in [4.78, 5) is 41.6. The standard InChI is InChI=1S/C25H35N3O5/c1-3-7-23(29)26-17-8-11-21-19(14-17)25(31)27(2)20-10-9-18(33-22(20)16-32-21)15-24(30)28-12-5-4-6-13-28/h8,11,14,18,20,22H,3-7,9-10,12-13,15-16H2,1-2H3,(H,26,29)/t18-,20+,22+/m1/s1. The molecule has 8 nitrogen and oxygen atoms in total. The fourth-order valence-corrected chi connectivity index (χ4v) is 5.02. The molecule has 0 saturated carbocycles. The summed E-state index contributed by atoms with van der Waals surface area (Å²) in [6, 6.07) is 5.04. The van der Waals surface area contributed by atoms with Crippen LogP contribution in [0.2, 0.25) is 0 Å². The van der Waals surface area contributed by atoms with Gasteiger partial charge in [-0.05, 0) is 56.7 Å². The zero-order valence-electron chi connectivity index (χ0n) is 19.7. The van der Waals surface area contributed by atoms with Crippen molar-refractivity contribution in [2.45, 2.75) is 76.5 Å². The zero-order chi connectivity index (χ0) is 23.4. The number of piperidine rings is 1. The van der Waals surface area contributed by atoms with Gasteiger partial charge in [0.25, 0.3) is 5.91 Å². The fraction of sp³-hybridized carbons (Fsp3) is 0.640. The van der Waals surface area contributed by atoms with Gasteiger partial charge in [-0.2, -0.15) is 0 Å². The van der Waals surface area contributed by atoms with Gasteiger partial charge in [0.2, 0.25) is 11.8 Å². The van der Waals surface area contributed by atoms with Crippen LogP contribution in [-0.2, 0) is 14.3 Å². The number of ether oxygens (including phenoxy) is 2. The van der Waals surface area contributed by atoms with Gasteiger partial charge in [-0.3, -0.25) is 14.4 Å². The highest BCUT2D eigenvalue weighted by molar-refractivity contribution is 5.99. The van der Waals surface area contributed by atoms with E-state index in [-0.39, 0.29) is 36.0 Å². The molecule has 1 aromatic rings. The van der Waals surface area contributed by atoms with Crippen molar-refractivity contribution < 1.29 is 23.9 Å². The molecule has 0 aromatic heterocycles. The maximum atomic E-state index is 13.3. The third-order valence-corrected chi connectivity index (χ3v) is 6.88. The lowest BCUT2D eigenvalue weighted by atomic mass is 9.94. The van der Waals surface area contributed by atoms with Crippen LogP contribution in [0.3, 0.4) is 0 Å². The number of nitrogens with zero attached hydrogens (tertiary/aromatic N) is 2. The van der Waals surface area contributed by atoms with Gasteiger partial charge in [-0.1, -0.05) is 6.92 Å². The van der Waals surface area contributed by atoms with Crippen molar-refractivity contribution in [1.82, 2.24) is 9.80 Å². The second kappa shape index (κ2) is 10.5. The number of hydrogen-bond donors (Lipinski definition) is 1. The highest BCUT2D eigenvalue weighted by atomic mass is 16.5. The number of hydrogen-bond acceptors (Lipinski definition) is 5. The molecule has 3 heterocycles. The molecule has 0 spiro atoms.